The lowest BCUT2D eigenvalue weighted by Crippen LogP contribution is -2.44. The minimum absolute atomic E-state index is 0.0650. The molecule has 0 aromatic carbocycles. The van der Waals surface area contributed by atoms with Gasteiger partial charge in [0.25, 0.3) is 0 Å². The molecular formula is C15H25N3O4S. The SMILES string of the molecule is CCS(=O)(=O)N1C[C@H](OCCCn2cccn2)[C@@H]2OCCC[C@@H]21. The predicted octanol–water partition coefficient (Wildman–Crippen LogP) is 0.871. The van der Waals surface area contributed by atoms with E-state index in [0.717, 1.165) is 25.8 Å². The van der Waals surface area contributed by atoms with E-state index in [0.29, 0.717) is 19.8 Å². The number of hydrogen-bond donors (Lipinski definition) is 0. The zero-order valence-corrected chi connectivity index (χ0v) is 14.3. The largest absolute Gasteiger partial charge is 0.374 e. The third-order valence-corrected chi connectivity index (χ3v) is 6.44. The highest BCUT2D eigenvalue weighted by atomic mass is 32.2. The maximum atomic E-state index is 12.3. The van der Waals surface area contributed by atoms with Crippen molar-refractivity contribution >= 4 is 10.0 Å². The molecule has 1 aromatic rings. The molecule has 0 aliphatic carbocycles. The first-order chi connectivity index (χ1) is 11.1. The first-order valence-electron chi connectivity index (χ1n) is 8.32. The van der Waals surface area contributed by atoms with E-state index in [9.17, 15) is 8.42 Å². The second kappa shape index (κ2) is 7.29. The second-order valence-electron chi connectivity index (χ2n) is 6.05. The molecule has 2 aliphatic heterocycles. The number of ether oxygens (including phenoxy) is 2. The van der Waals surface area contributed by atoms with Crippen LogP contribution in [0.4, 0.5) is 0 Å². The summed E-state index contributed by atoms with van der Waals surface area (Å²) in [6, 6.07) is 1.83. The summed E-state index contributed by atoms with van der Waals surface area (Å²) in [5.74, 6) is 0.127. The maximum Gasteiger partial charge on any atom is 0.214 e. The predicted molar refractivity (Wildman–Crippen MR) is 85.5 cm³/mol. The van der Waals surface area contributed by atoms with Crippen molar-refractivity contribution < 1.29 is 17.9 Å². The van der Waals surface area contributed by atoms with Crippen LogP contribution in [0.1, 0.15) is 26.2 Å². The van der Waals surface area contributed by atoms with E-state index >= 15 is 0 Å². The molecule has 1 aromatic heterocycles. The fraction of sp³-hybridized carbons (Fsp3) is 0.800. The average Bonchev–Trinajstić information content (AvgIpc) is 3.20. The molecule has 0 radical (unpaired) electrons. The Bertz CT molecular complexity index is 590. The Morgan fingerprint density at radius 2 is 2.30 bits per heavy atom. The minimum Gasteiger partial charge on any atom is -0.374 e. The number of fused-ring (bicyclic) bond motifs is 1. The Labute approximate surface area is 137 Å². The van der Waals surface area contributed by atoms with E-state index in [-0.39, 0.29) is 24.0 Å². The fourth-order valence-corrected chi connectivity index (χ4v) is 4.74. The first kappa shape index (κ1) is 16.9. The summed E-state index contributed by atoms with van der Waals surface area (Å²) in [7, 11) is -3.21. The molecule has 0 spiro atoms. The highest BCUT2D eigenvalue weighted by Crippen LogP contribution is 2.32. The summed E-state index contributed by atoms with van der Waals surface area (Å²) in [5, 5.41) is 4.16. The normalized spacial score (nSPS) is 28.8. The Morgan fingerprint density at radius 3 is 3.04 bits per heavy atom. The van der Waals surface area contributed by atoms with Crippen LogP contribution in [-0.4, -0.2) is 66.3 Å². The standard InChI is InChI=1S/C15H25N3O4S/c1-2-23(19,20)18-12-14(15-13(18)6-3-10-22-15)21-11-5-9-17-8-4-7-16-17/h4,7-8,13-15H,2-3,5-6,9-12H2,1H3/t13-,14-,15+/m0/s1. The van der Waals surface area contributed by atoms with Crippen molar-refractivity contribution in [3.63, 3.8) is 0 Å². The third-order valence-electron chi connectivity index (χ3n) is 4.57. The maximum absolute atomic E-state index is 12.3. The van der Waals surface area contributed by atoms with E-state index in [1.54, 1.807) is 17.4 Å². The third kappa shape index (κ3) is 3.76. The monoisotopic (exact) mass is 343 g/mol. The summed E-state index contributed by atoms with van der Waals surface area (Å²) < 4.78 is 39.9. The van der Waals surface area contributed by atoms with Gasteiger partial charge in [-0.2, -0.15) is 9.40 Å². The Kier molecular flexibility index (Phi) is 5.35. The zero-order valence-electron chi connectivity index (χ0n) is 13.5. The quantitative estimate of drug-likeness (QED) is 0.687. The first-order valence-corrected chi connectivity index (χ1v) is 9.93. The van der Waals surface area contributed by atoms with Crippen LogP contribution in [0.25, 0.3) is 0 Å². The number of hydrogen-bond acceptors (Lipinski definition) is 5. The summed E-state index contributed by atoms with van der Waals surface area (Å²) in [6.45, 7) is 4.16. The van der Waals surface area contributed by atoms with Gasteiger partial charge < -0.3 is 9.47 Å². The molecule has 0 bridgehead atoms. The van der Waals surface area contributed by atoms with Gasteiger partial charge in [-0.25, -0.2) is 8.42 Å². The van der Waals surface area contributed by atoms with Crippen molar-refractivity contribution in [1.29, 1.82) is 0 Å². The van der Waals surface area contributed by atoms with Crippen molar-refractivity contribution in [3.8, 4) is 0 Å². The van der Waals surface area contributed by atoms with Crippen LogP contribution in [0.5, 0.6) is 0 Å². The topological polar surface area (TPSA) is 73.7 Å². The summed E-state index contributed by atoms with van der Waals surface area (Å²) in [5.41, 5.74) is 0. The number of sulfonamides is 1. The molecule has 2 aliphatic rings. The Morgan fingerprint density at radius 1 is 1.43 bits per heavy atom. The van der Waals surface area contributed by atoms with Crippen molar-refractivity contribution in [2.24, 2.45) is 0 Å². The summed E-state index contributed by atoms with van der Waals surface area (Å²) >= 11 is 0. The number of aryl methyl sites for hydroxylation is 1. The van der Waals surface area contributed by atoms with Gasteiger partial charge in [-0.3, -0.25) is 4.68 Å². The van der Waals surface area contributed by atoms with E-state index < -0.39 is 10.0 Å². The van der Waals surface area contributed by atoms with E-state index in [2.05, 4.69) is 5.10 Å². The molecule has 3 heterocycles. The average molecular weight is 343 g/mol. The van der Waals surface area contributed by atoms with Crippen molar-refractivity contribution in [2.45, 2.75) is 51.0 Å². The Hall–Kier alpha value is -0.960. The van der Waals surface area contributed by atoms with Crippen LogP contribution in [0.3, 0.4) is 0 Å². The molecule has 2 fully saturated rings. The van der Waals surface area contributed by atoms with E-state index in [1.807, 2.05) is 16.9 Å². The van der Waals surface area contributed by atoms with Crippen LogP contribution < -0.4 is 0 Å². The molecule has 130 valence electrons. The van der Waals surface area contributed by atoms with E-state index in [1.165, 1.54) is 0 Å². The van der Waals surface area contributed by atoms with Crippen LogP contribution in [0, 0.1) is 0 Å². The number of rotatable bonds is 7. The van der Waals surface area contributed by atoms with E-state index in [4.69, 9.17) is 9.47 Å². The van der Waals surface area contributed by atoms with Gasteiger partial charge in [0.1, 0.15) is 6.10 Å². The molecule has 0 amide bonds. The van der Waals surface area contributed by atoms with Crippen molar-refractivity contribution in [1.82, 2.24) is 14.1 Å². The lowest BCUT2D eigenvalue weighted by molar-refractivity contribution is -0.0760. The zero-order chi connectivity index (χ0) is 16.3. The summed E-state index contributed by atoms with van der Waals surface area (Å²) in [6.07, 6.45) is 5.99. The number of nitrogens with zero attached hydrogens (tertiary/aromatic N) is 3. The smallest absolute Gasteiger partial charge is 0.214 e. The van der Waals surface area contributed by atoms with Gasteiger partial charge in [-0.05, 0) is 32.3 Å². The lowest BCUT2D eigenvalue weighted by atomic mass is 10.0. The van der Waals surface area contributed by atoms with Crippen molar-refractivity contribution in [3.05, 3.63) is 18.5 Å². The van der Waals surface area contributed by atoms with Gasteiger partial charge in [0.15, 0.2) is 0 Å². The Balaban J connectivity index is 1.56. The molecule has 0 unspecified atom stereocenters. The molecule has 2 saturated heterocycles. The van der Waals surface area contributed by atoms with Gasteiger partial charge in [0.2, 0.25) is 10.0 Å². The fourth-order valence-electron chi connectivity index (χ4n) is 3.39. The van der Waals surface area contributed by atoms with Gasteiger partial charge in [-0.15, -0.1) is 0 Å². The van der Waals surface area contributed by atoms with Crippen LogP contribution in [0.15, 0.2) is 18.5 Å². The second-order valence-corrected chi connectivity index (χ2v) is 8.26. The van der Waals surface area contributed by atoms with Gasteiger partial charge in [0, 0.05) is 38.7 Å². The molecule has 8 heteroatoms. The highest BCUT2D eigenvalue weighted by molar-refractivity contribution is 7.89. The summed E-state index contributed by atoms with van der Waals surface area (Å²) in [4.78, 5) is 0. The lowest BCUT2D eigenvalue weighted by Gasteiger charge is -2.31. The van der Waals surface area contributed by atoms with Gasteiger partial charge in [0.05, 0.1) is 17.9 Å². The molecule has 23 heavy (non-hydrogen) atoms. The van der Waals surface area contributed by atoms with Crippen LogP contribution in [0.2, 0.25) is 0 Å². The molecule has 3 atom stereocenters. The highest BCUT2D eigenvalue weighted by Gasteiger charge is 2.48. The van der Waals surface area contributed by atoms with Crippen molar-refractivity contribution in [2.75, 3.05) is 25.5 Å². The number of aromatic nitrogens is 2. The van der Waals surface area contributed by atoms with Crippen LogP contribution in [-0.2, 0) is 26.0 Å². The molecule has 7 nitrogen and oxygen atoms in total. The van der Waals surface area contributed by atoms with Gasteiger partial charge >= 0.3 is 0 Å². The molecular weight excluding hydrogens is 318 g/mol. The molecule has 0 saturated carbocycles. The molecule has 0 N–H and O–H groups in total. The van der Waals surface area contributed by atoms with Gasteiger partial charge in [-0.1, -0.05) is 0 Å². The minimum atomic E-state index is -3.21. The molecule has 3 rings (SSSR count). The van der Waals surface area contributed by atoms with Crippen LogP contribution >= 0.6 is 0 Å².